The van der Waals surface area contributed by atoms with E-state index in [0.29, 0.717) is 0 Å². The highest BCUT2D eigenvalue weighted by atomic mass is 16.6. The molecule has 0 aliphatic carbocycles. The number of aromatic nitrogens is 1. The standard InChI is InChI=1S/C5H4N4O4/c6-5-3(8(10)11)1-7-2-4(5)9(12)13/h1-2H,(H2,6,7)/p+1. The fourth-order valence-electron chi connectivity index (χ4n) is 0.788. The Bertz CT molecular complexity index is 345. The molecule has 0 aromatic carbocycles. The third-order valence-corrected chi connectivity index (χ3v) is 1.39. The number of nitro groups is 2. The summed E-state index contributed by atoms with van der Waals surface area (Å²) >= 11 is 0. The van der Waals surface area contributed by atoms with Crippen LogP contribution in [0.3, 0.4) is 0 Å². The molecule has 0 fully saturated rings. The van der Waals surface area contributed by atoms with Gasteiger partial charge in [0, 0.05) is 0 Å². The molecule has 0 radical (unpaired) electrons. The summed E-state index contributed by atoms with van der Waals surface area (Å²) < 4.78 is 0. The molecule has 13 heavy (non-hydrogen) atoms. The molecule has 0 bridgehead atoms. The minimum absolute atomic E-state index is 0.450. The van der Waals surface area contributed by atoms with Crippen molar-refractivity contribution in [2.75, 3.05) is 5.73 Å². The zero-order valence-corrected chi connectivity index (χ0v) is 6.26. The van der Waals surface area contributed by atoms with Crippen LogP contribution in [0.15, 0.2) is 12.4 Å². The van der Waals surface area contributed by atoms with E-state index in [1.807, 2.05) is 0 Å². The van der Waals surface area contributed by atoms with Gasteiger partial charge in [0.05, 0.1) is 9.85 Å². The second-order valence-electron chi connectivity index (χ2n) is 2.15. The molecular weight excluding hydrogens is 180 g/mol. The molecule has 3 N–H and O–H groups in total. The quantitative estimate of drug-likeness (QED) is 0.508. The Balaban J connectivity index is 3.35. The Morgan fingerprint density at radius 3 is 1.85 bits per heavy atom. The zero-order valence-electron chi connectivity index (χ0n) is 6.26. The Labute approximate surface area is 71.3 Å². The lowest BCUT2D eigenvalue weighted by Crippen LogP contribution is -2.09. The summed E-state index contributed by atoms with van der Waals surface area (Å²) in [5.74, 6) is 0. The molecule has 0 saturated heterocycles. The molecule has 68 valence electrons. The van der Waals surface area contributed by atoms with E-state index >= 15 is 0 Å². The minimum Gasteiger partial charge on any atom is -0.387 e. The van der Waals surface area contributed by atoms with Crippen molar-refractivity contribution in [1.29, 1.82) is 0 Å². The Morgan fingerprint density at radius 2 is 1.54 bits per heavy atom. The SMILES string of the molecule is Nc1c([N+](=O)[O-])c[nH+]cc1[N+](=O)[O-]. The van der Waals surface area contributed by atoms with Crippen molar-refractivity contribution in [2.24, 2.45) is 0 Å². The van der Waals surface area contributed by atoms with E-state index in [1.54, 1.807) is 0 Å². The first kappa shape index (κ1) is 8.84. The third kappa shape index (κ3) is 1.50. The molecule has 1 rings (SSSR count). The second-order valence-corrected chi connectivity index (χ2v) is 2.15. The molecule has 0 aliphatic heterocycles. The number of hydrogen-bond acceptors (Lipinski definition) is 5. The van der Waals surface area contributed by atoms with Crippen LogP contribution in [-0.2, 0) is 0 Å². The number of rotatable bonds is 2. The average Bonchev–Trinajstić information content (AvgIpc) is 2.03. The first-order valence-electron chi connectivity index (χ1n) is 3.12. The highest BCUT2D eigenvalue weighted by Crippen LogP contribution is 2.27. The fourth-order valence-corrected chi connectivity index (χ4v) is 0.788. The van der Waals surface area contributed by atoms with Gasteiger partial charge >= 0.3 is 11.4 Å². The van der Waals surface area contributed by atoms with E-state index in [9.17, 15) is 20.2 Å². The van der Waals surface area contributed by atoms with Gasteiger partial charge < -0.3 is 5.73 Å². The van der Waals surface area contributed by atoms with Crippen LogP contribution in [0.2, 0.25) is 0 Å². The van der Waals surface area contributed by atoms with Crippen molar-refractivity contribution in [2.45, 2.75) is 0 Å². The number of nitrogen functional groups attached to an aromatic ring is 1. The van der Waals surface area contributed by atoms with Crippen molar-refractivity contribution in [3.8, 4) is 0 Å². The molecule has 0 amide bonds. The largest absolute Gasteiger partial charge is 0.387 e. The molecule has 0 spiro atoms. The molecule has 0 unspecified atom stereocenters. The van der Waals surface area contributed by atoms with Gasteiger partial charge in [0.25, 0.3) is 0 Å². The lowest BCUT2D eigenvalue weighted by molar-refractivity contribution is -0.438. The molecule has 0 saturated carbocycles. The monoisotopic (exact) mass is 185 g/mol. The van der Waals surface area contributed by atoms with Crippen LogP contribution >= 0.6 is 0 Å². The van der Waals surface area contributed by atoms with Crippen molar-refractivity contribution in [1.82, 2.24) is 0 Å². The number of pyridine rings is 1. The van der Waals surface area contributed by atoms with Gasteiger partial charge in [-0.15, -0.1) is 0 Å². The molecule has 0 atom stereocenters. The van der Waals surface area contributed by atoms with Gasteiger partial charge in [-0.05, 0) is 0 Å². The summed E-state index contributed by atoms with van der Waals surface area (Å²) in [6.07, 6.45) is 1.98. The number of nitrogens with zero attached hydrogens (tertiary/aromatic N) is 2. The number of nitrogens with one attached hydrogen (secondary N) is 1. The minimum atomic E-state index is -0.793. The molecule has 1 heterocycles. The Kier molecular flexibility index (Phi) is 2.05. The maximum Gasteiger partial charge on any atom is 0.362 e. The molecule has 0 aliphatic rings. The van der Waals surface area contributed by atoms with Crippen molar-refractivity contribution in [3.05, 3.63) is 32.6 Å². The van der Waals surface area contributed by atoms with E-state index in [0.717, 1.165) is 12.4 Å². The molecule has 8 heteroatoms. The lowest BCUT2D eigenvalue weighted by Gasteiger charge is -1.92. The number of H-pyrrole nitrogens is 1. The van der Waals surface area contributed by atoms with E-state index < -0.39 is 26.9 Å². The topological polar surface area (TPSA) is 126 Å². The summed E-state index contributed by atoms with van der Waals surface area (Å²) in [4.78, 5) is 21.2. The number of nitrogens with two attached hydrogens (primary N) is 1. The molecular formula is C5H5N4O4+. The van der Waals surface area contributed by atoms with Gasteiger partial charge in [0.2, 0.25) is 18.1 Å². The van der Waals surface area contributed by atoms with Crippen LogP contribution in [0.25, 0.3) is 0 Å². The number of aromatic amines is 1. The van der Waals surface area contributed by atoms with E-state index in [4.69, 9.17) is 5.73 Å². The predicted octanol–water partition coefficient (Wildman–Crippen LogP) is -0.101. The lowest BCUT2D eigenvalue weighted by atomic mass is 10.3. The summed E-state index contributed by atoms with van der Waals surface area (Å²) in [5, 5.41) is 20.6. The first-order valence-corrected chi connectivity index (χ1v) is 3.12. The van der Waals surface area contributed by atoms with Crippen LogP contribution in [0.1, 0.15) is 0 Å². The maximum absolute atomic E-state index is 10.3. The van der Waals surface area contributed by atoms with Crippen molar-refractivity contribution < 1.29 is 14.8 Å². The normalized spacial score (nSPS) is 9.54. The van der Waals surface area contributed by atoms with Crippen molar-refractivity contribution in [3.63, 3.8) is 0 Å². The van der Waals surface area contributed by atoms with E-state index in [-0.39, 0.29) is 0 Å². The maximum atomic E-state index is 10.3. The summed E-state index contributed by atoms with van der Waals surface area (Å²) in [7, 11) is 0. The second kappa shape index (κ2) is 3.01. The summed E-state index contributed by atoms with van der Waals surface area (Å²) in [6, 6.07) is 0. The van der Waals surface area contributed by atoms with Gasteiger partial charge in [0.15, 0.2) is 0 Å². The summed E-state index contributed by atoms with van der Waals surface area (Å²) in [6.45, 7) is 0. The van der Waals surface area contributed by atoms with Crippen molar-refractivity contribution >= 4 is 17.1 Å². The van der Waals surface area contributed by atoms with Gasteiger partial charge in [-0.3, -0.25) is 20.2 Å². The molecule has 1 aromatic rings. The van der Waals surface area contributed by atoms with E-state index in [2.05, 4.69) is 4.98 Å². The zero-order chi connectivity index (χ0) is 10.0. The highest BCUT2D eigenvalue weighted by molar-refractivity contribution is 5.67. The summed E-state index contributed by atoms with van der Waals surface area (Å²) in [5.41, 5.74) is 3.72. The Hall–Kier alpha value is -2.25. The first-order chi connectivity index (χ1) is 6.04. The van der Waals surface area contributed by atoms with Crippen LogP contribution in [-0.4, -0.2) is 9.85 Å². The van der Waals surface area contributed by atoms with Crippen LogP contribution < -0.4 is 10.7 Å². The predicted molar refractivity (Wildman–Crippen MR) is 40.7 cm³/mol. The third-order valence-electron chi connectivity index (χ3n) is 1.39. The number of anilines is 1. The van der Waals surface area contributed by atoms with Crippen LogP contribution in [0.4, 0.5) is 17.1 Å². The van der Waals surface area contributed by atoms with Gasteiger partial charge in [-0.1, -0.05) is 0 Å². The average molecular weight is 185 g/mol. The highest BCUT2D eigenvalue weighted by Gasteiger charge is 2.26. The Morgan fingerprint density at radius 1 is 1.15 bits per heavy atom. The number of hydrogen-bond donors (Lipinski definition) is 1. The molecule has 8 nitrogen and oxygen atoms in total. The smallest absolute Gasteiger partial charge is 0.362 e. The van der Waals surface area contributed by atoms with E-state index in [1.165, 1.54) is 0 Å². The fraction of sp³-hybridized carbons (Fsp3) is 0. The van der Waals surface area contributed by atoms with Gasteiger partial charge in [-0.2, -0.15) is 0 Å². The molecule has 1 aromatic heterocycles. The van der Waals surface area contributed by atoms with Gasteiger partial charge in [-0.25, -0.2) is 4.98 Å². The van der Waals surface area contributed by atoms with Gasteiger partial charge in [0.1, 0.15) is 0 Å². The van der Waals surface area contributed by atoms with Crippen LogP contribution in [0, 0.1) is 20.2 Å². The van der Waals surface area contributed by atoms with Crippen LogP contribution in [0.5, 0.6) is 0 Å².